The number of aromatic hydroxyl groups is 1. The number of aromatic nitrogens is 2. The zero-order chi connectivity index (χ0) is 19.6. The van der Waals surface area contributed by atoms with E-state index in [0.29, 0.717) is 34.6 Å². The van der Waals surface area contributed by atoms with Crippen molar-refractivity contribution in [2.45, 2.75) is 26.8 Å². The summed E-state index contributed by atoms with van der Waals surface area (Å²) in [7, 11) is 0. The maximum Gasteiger partial charge on any atom is 0.329 e. The average Bonchev–Trinajstić information content (AvgIpc) is 2.97. The van der Waals surface area contributed by atoms with E-state index >= 15 is 0 Å². The van der Waals surface area contributed by atoms with Crippen LogP contribution in [0.25, 0.3) is 10.9 Å². The molecule has 3 rings (SSSR count). The molecule has 0 bridgehead atoms. The van der Waals surface area contributed by atoms with Crippen molar-refractivity contribution in [2.24, 2.45) is 0 Å². The fourth-order valence-corrected chi connectivity index (χ4v) is 3.19. The third kappa shape index (κ3) is 3.73. The van der Waals surface area contributed by atoms with Gasteiger partial charge >= 0.3 is 11.9 Å². The average molecular weight is 388 g/mol. The van der Waals surface area contributed by atoms with Crippen LogP contribution in [-0.4, -0.2) is 26.5 Å². The Kier molecular flexibility index (Phi) is 5.32. The van der Waals surface area contributed by atoms with Crippen LogP contribution < -0.4 is 5.48 Å². The van der Waals surface area contributed by atoms with Gasteiger partial charge in [0.2, 0.25) is 0 Å². The van der Waals surface area contributed by atoms with E-state index < -0.39 is 11.9 Å². The molecule has 0 spiro atoms. The zero-order valence-corrected chi connectivity index (χ0v) is 15.6. The van der Waals surface area contributed by atoms with E-state index in [-0.39, 0.29) is 11.4 Å². The highest BCUT2D eigenvalue weighted by molar-refractivity contribution is 6.36. The van der Waals surface area contributed by atoms with Crippen molar-refractivity contribution in [2.75, 3.05) is 0 Å². The molecular formula is C19H18ClN3O4. The van der Waals surface area contributed by atoms with Gasteiger partial charge in [-0.15, -0.1) is 0 Å². The van der Waals surface area contributed by atoms with Gasteiger partial charge in [0.15, 0.2) is 11.4 Å². The normalized spacial score (nSPS) is 10.8. The molecule has 0 saturated heterocycles. The molecule has 0 saturated carbocycles. The summed E-state index contributed by atoms with van der Waals surface area (Å²) >= 11 is 6.36. The molecule has 3 aromatic rings. The smallest absolute Gasteiger partial charge is 0.329 e. The molecule has 8 heteroatoms. The van der Waals surface area contributed by atoms with Gasteiger partial charge in [-0.25, -0.2) is 4.98 Å². The highest BCUT2D eigenvalue weighted by atomic mass is 35.5. The standard InChI is InChI=1S/C19H18ClN3O4/c1-3-14-17-15(18(25)16(21-14)19(26)22-27-11(2)24)13(20)10-23(17)9-12-7-5-4-6-8-12/h4-8,10,25H,3,9H2,1-2H3,(H,22,26). The second kappa shape index (κ2) is 7.67. The van der Waals surface area contributed by atoms with E-state index in [9.17, 15) is 14.7 Å². The first-order valence-electron chi connectivity index (χ1n) is 8.34. The minimum atomic E-state index is -0.828. The monoisotopic (exact) mass is 387 g/mol. The van der Waals surface area contributed by atoms with E-state index in [1.54, 1.807) is 6.20 Å². The maximum absolute atomic E-state index is 12.2. The molecule has 0 aliphatic heterocycles. The van der Waals surface area contributed by atoms with E-state index in [4.69, 9.17) is 11.6 Å². The molecule has 1 amide bonds. The van der Waals surface area contributed by atoms with Gasteiger partial charge in [0, 0.05) is 19.7 Å². The van der Waals surface area contributed by atoms with Gasteiger partial charge in [-0.1, -0.05) is 48.9 Å². The van der Waals surface area contributed by atoms with Crippen LogP contribution in [0.4, 0.5) is 0 Å². The van der Waals surface area contributed by atoms with Crippen molar-refractivity contribution in [3.8, 4) is 5.75 Å². The molecule has 0 aliphatic rings. The molecule has 27 heavy (non-hydrogen) atoms. The van der Waals surface area contributed by atoms with Crippen LogP contribution in [0, 0.1) is 0 Å². The molecule has 0 radical (unpaired) electrons. The molecule has 0 fully saturated rings. The molecule has 2 N–H and O–H groups in total. The number of nitrogens with zero attached hydrogens (tertiary/aromatic N) is 2. The summed E-state index contributed by atoms with van der Waals surface area (Å²) in [5, 5.41) is 11.2. The van der Waals surface area contributed by atoms with E-state index in [0.717, 1.165) is 12.5 Å². The highest BCUT2D eigenvalue weighted by Crippen LogP contribution is 2.37. The Morgan fingerprint density at radius 2 is 2.00 bits per heavy atom. The number of halogens is 1. The third-order valence-electron chi connectivity index (χ3n) is 4.05. The van der Waals surface area contributed by atoms with Gasteiger partial charge in [0.1, 0.15) is 0 Å². The second-order valence-corrected chi connectivity index (χ2v) is 6.36. The lowest BCUT2D eigenvalue weighted by Gasteiger charge is -2.12. The van der Waals surface area contributed by atoms with Crippen LogP contribution in [0.15, 0.2) is 36.5 Å². The predicted octanol–water partition coefficient (Wildman–Crippen LogP) is 3.21. The van der Waals surface area contributed by atoms with E-state index in [1.807, 2.05) is 47.3 Å². The fraction of sp³-hybridized carbons (Fsp3) is 0.211. The molecule has 2 aromatic heterocycles. The van der Waals surface area contributed by atoms with Crippen molar-refractivity contribution < 1.29 is 19.5 Å². The highest BCUT2D eigenvalue weighted by Gasteiger charge is 2.24. The van der Waals surface area contributed by atoms with E-state index in [1.165, 1.54) is 0 Å². The quantitative estimate of drug-likeness (QED) is 0.670. The van der Waals surface area contributed by atoms with Crippen LogP contribution in [0.3, 0.4) is 0 Å². The van der Waals surface area contributed by atoms with Crippen LogP contribution in [-0.2, 0) is 22.6 Å². The number of benzene rings is 1. The summed E-state index contributed by atoms with van der Waals surface area (Å²) in [6.07, 6.45) is 2.22. The number of hydroxylamine groups is 1. The Morgan fingerprint density at radius 3 is 2.63 bits per heavy atom. The number of hydrogen-bond donors (Lipinski definition) is 2. The summed E-state index contributed by atoms with van der Waals surface area (Å²) in [5.41, 5.74) is 4.03. The number of carbonyl (C=O) groups is 2. The van der Waals surface area contributed by atoms with Crippen LogP contribution in [0.1, 0.15) is 35.6 Å². The lowest BCUT2D eigenvalue weighted by atomic mass is 10.1. The molecule has 1 aromatic carbocycles. The van der Waals surface area contributed by atoms with E-state index in [2.05, 4.69) is 9.82 Å². The van der Waals surface area contributed by atoms with Crippen molar-refractivity contribution in [1.29, 1.82) is 0 Å². The van der Waals surface area contributed by atoms with Crippen LogP contribution >= 0.6 is 11.6 Å². The third-order valence-corrected chi connectivity index (χ3v) is 4.33. The van der Waals surface area contributed by atoms with Crippen LogP contribution in [0.2, 0.25) is 5.02 Å². The number of nitrogens with one attached hydrogen (secondary N) is 1. The molecule has 7 nitrogen and oxygen atoms in total. The van der Waals surface area contributed by atoms with Gasteiger partial charge in [-0.2, -0.15) is 5.48 Å². The molecule has 140 valence electrons. The topological polar surface area (TPSA) is 93.4 Å². The van der Waals surface area contributed by atoms with Gasteiger partial charge < -0.3 is 14.5 Å². The van der Waals surface area contributed by atoms with Crippen molar-refractivity contribution >= 4 is 34.4 Å². The molecule has 0 atom stereocenters. The van der Waals surface area contributed by atoms with Crippen LogP contribution in [0.5, 0.6) is 5.75 Å². The van der Waals surface area contributed by atoms with Gasteiger partial charge in [-0.3, -0.25) is 9.59 Å². The lowest BCUT2D eigenvalue weighted by molar-refractivity contribution is -0.146. The summed E-state index contributed by atoms with van der Waals surface area (Å²) in [6.45, 7) is 3.58. The Bertz CT molecular complexity index is 1010. The number of pyridine rings is 1. The van der Waals surface area contributed by atoms with Crippen molar-refractivity contribution in [3.63, 3.8) is 0 Å². The Hall–Kier alpha value is -3.06. The first-order valence-corrected chi connectivity index (χ1v) is 8.72. The number of aryl methyl sites for hydroxylation is 1. The van der Waals surface area contributed by atoms with Crippen molar-refractivity contribution in [3.05, 3.63) is 58.5 Å². The molecular weight excluding hydrogens is 370 g/mol. The Labute approximate surface area is 160 Å². The summed E-state index contributed by atoms with van der Waals surface area (Å²) < 4.78 is 1.90. The fourth-order valence-electron chi connectivity index (χ4n) is 2.89. The number of carbonyl (C=O) groups excluding carboxylic acids is 2. The second-order valence-electron chi connectivity index (χ2n) is 5.95. The summed E-state index contributed by atoms with van der Waals surface area (Å²) in [5.74, 6) is -1.87. The minimum Gasteiger partial charge on any atom is -0.505 e. The van der Waals surface area contributed by atoms with Crippen molar-refractivity contribution in [1.82, 2.24) is 15.0 Å². The SMILES string of the molecule is CCc1nc(C(=O)NOC(C)=O)c(O)c2c(Cl)cn(Cc3ccccc3)c12. The first kappa shape index (κ1) is 18.7. The predicted molar refractivity (Wildman–Crippen MR) is 101 cm³/mol. The number of amides is 1. The Morgan fingerprint density at radius 1 is 1.30 bits per heavy atom. The molecule has 0 aliphatic carbocycles. The first-order chi connectivity index (χ1) is 12.9. The molecule has 0 unspecified atom stereocenters. The number of rotatable bonds is 4. The van der Waals surface area contributed by atoms with Gasteiger partial charge in [0.05, 0.1) is 21.6 Å². The van der Waals surface area contributed by atoms with Gasteiger partial charge in [0.25, 0.3) is 0 Å². The largest absolute Gasteiger partial charge is 0.505 e. The zero-order valence-electron chi connectivity index (χ0n) is 14.8. The Balaban J connectivity index is 2.11. The minimum absolute atomic E-state index is 0.250. The maximum atomic E-state index is 12.2. The summed E-state index contributed by atoms with van der Waals surface area (Å²) in [4.78, 5) is 31.9. The summed E-state index contributed by atoms with van der Waals surface area (Å²) in [6, 6.07) is 9.79. The molecule has 2 heterocycles. The number of fused-ring (bicyclic) bond motifs is 1. The lowest BCUT2D eigenvalue weighted by Crippen LogP contribution is -2.27. The number of hydrogen-bond acceptors (Lipinski definition) is 5. The van der Waals surface area contributed by atoms with Gasteiger partial charge in [-0.05, 0) is 12.0 Å².